The Kier molecular flexibility index (Phi) is 3.05. The zero-order valence-corrected chi connectivity index (χ0v) is 9.23. The molecule has 0 heterocycles. The molecule has 1 heteroatoms. The smallest absolute Gasteiger partial charge is 0.113 e. The van der Waals surface area contributed by atoms with E-state index in [1.807, 2.05) is 0 Å². The molecule has 0 aliphatic heterocycles. The standard InChI is InChI=1S/C12H22O/c1-5-13-12(11(2,3)4)9-7-6-8-10-12/h5H,1,6-10H2,2-4H3. The van der Waals surface area contributed by atoms with Gasteiger partial charge in [0.2, 0.25) is 0 Å². The molecular weight excluding hydrogens is 160 g/mol. The van der Waals surface area contributed by atoms with Crippen molar-refractivity contribution < 1.29 is 4.74 Å². The van der Waals surface area contributed by atoms with E-state index < -0.39 is 0 Å². The summed E-state index contributed by atoms with van der Waals surface area (Å²) >= 11 is 0. The van der Waals surface area contributed by atoms with Gasteiger partial charge in [0, 0.05) is 5.41 Å². The predicted octanol–water partition coefficient (Wildman–Crippen LogP) is 3.90. The van der Waals surface area contributed by atoms with Gasteiger partial charge in [-0.3, -0.25) is 0 Å². The zero-order chi connectivity index (χ0) is 9.95. The maximum Gasteiger partial charge on any atom is 0.113 e. The maximum atomic E-state index is 5.80. The molecule has 1 aliphatic carbocycles. The molecule has 13 heavy (non-hydrogen) atoms. The third kappa shape index (κ3) is 2.07. The van der Waals surface area contributed by atoms with Crippen LogP contribution in [0.15, 0.2) is 12.8 Å². The molecule has 0 saturated heterocycles. The Morgan fingerprint density at radius 2 is 1.69 bits per heavy atom. The summed E-state index contributed by atoms with van der Waals surface area (Å²) in [5, 5.41) is 0. The molecular formula is C12H22O. The van der Waals surface area contributed by atoms with Crippen LogP contribution in [-0.2, 0) is 4.74 Å². The fourth-order valence-corrected chi connectivity index (χ4v) is 2.33. The first kappa shape index (κ1) is 10.6. The van der Waals surface area contributed by atoms with Crippen LogP contribution in [0.4, 0.5) is 0 Å². The van der Waals surface area contributed by atoms with Crippen LogP contribution in [0.2, 0.25) is 0 Å². The Balaban J connectivity index is 2.78. The first-order valence-corrected chi connectivity index (χ1v) is 5.31. The van der Waals surface area contributed by atoms with Crippen LogP contribution in [0.1, 0.15) is 52.9 Å². The third-order valence-corrected chi connectivity index (χ3v) is 3.34. The molecule has 0 aromatic rings. The highest BCUT2D eigenvalue weighted by atomic mass is 16.5. The molecule has 0 unspecified atom stereocenters. The summed E-state index contributed by atoms with van der Waals surface area (Å²) in [5.41, 5.74) is 0.272. The van der Waals surface area contributed by atoms with Crippen molar-refractivity contribution >= 4 is 0 Å². The van der Waals surface area contributed by atoms with Crippen molar-refractivity contribution in [2.24, 2.45) is 5.41 Å². The summed E-state index contributed by atoms with van der Waals surface area (Å²) in [6, 6.07) is 0. The van der Waals surface area contributed by atoms with Crippen molar-refractivity contribution in [1.29, 1.82) is 0 Å². The molecule has 0 amide bonds. The van der Waals surface area contributed by atoms with Crippen LogP contribution in [0.5, 0.6) is 0 Å². The molecule has 1 saturated carbocycles. The molecule has 1 fully saturated rings. The lowest BCUT2D eigenvalue weighted by Crippen LogP contribution is -2.45. The highest BCUT2D eigenvalue weighted by Crippen LogP contribution is 2.44. The second kappa shape index (κ2) is 3.73. The molecule has 0 bridgehead atoms. The van der Waals surface area contributed by atoms with Gasteiger partial charge in [-0.15, -0.1) is 0 Å². The highest BCUT2D eigenvalue weighted by molar-refractivity contribution is 4.95. The SMILES string of the molecule is C=COC1(C(C)(C)C)CCCCC1. The molecule has 0 aromatic carbocycles. The molecule has 0 N–H and O–H groups in total. The number of rotatable bonds is 2. The predicted molar refractivity (Wildman–Crippen MR) is 56.6 cm³/mol. The minimum Gasteiger partial charge on any atom is -0.495 e. The van der Waals surface area contributed by atoms with Gasteiger partial charge in [0.1, 0.15) is 5.60 Å². The summed E-state index contributed by atoms with van der Waals surface area (Å²) in [5.74, 6) is 0. The Morgan fingerprint density at radius 1 is 1.15 bits per heavy atom. The second-order valence-corrected chi connectivity index (χ2v) is 5.09. The molecule has 0 spiro atoms. The average Bonchev–Trinajstić information content (AvgIpc) is 2.04. The van der Waals surface area contributed by atoms with E-state index in [9.17, 15) is 0 Å². The van der Waals surface area contributed by atoms with Crippen molar-refractivity contribution in [2.45, 2.75) is 58.5 Å². The van der Waals surface area contributed by atoms with Gasteiger partial charge in [0.15, 0.2) is 0 Å². The maximum absolute atomic E-state index is 5.80. The van der Waals surface area contributed by atoms with E-state index in [1.54, 1.807) is 6.26 Å². The quantitative estimate of drug-likeness (QED) is 0.589. The van der Waals surface area contributed by atoms with E-state index in [-0.39, 0.29) is 11.0 Å². The molecule has 0 aromatic heterocycles. The normalized spacial score (nSPS) is 22.4. The summed E-state index contributed by atoms with van der Waals surface area (Å²) in [6.45, 7) is 10.5. The Morgan fingerprint density at radius 3 is 2.08 bits per heavy atom. The van der Waals surface area contributed by atoms with Gasteiger partial charge in [-0.1, -0.05) is 33.8 Å². The summed E-state index contributed by atoms with van der Waals surface area (Å²) in [7, 11) is 0. The minimum atomic E-state index is 0.0486. The van der Waals surface area contributed by atoms with Crippen LogP contribution in [-0.4, -0.2) is 5.60 Å². The fourth-order valence-electron chi connectivity index (χ4n) is 2.33. The van der Waals surface area contributed by atoms with Gasteiger partial charge in [0.25, 0.3) is 0 Å². The largest absolute Gasteiger partial charge is 0.495 e. The summed E-state index contributed by atoms with van der Waals surface area (Å²) in [6.07, 6.45) is 7.94. The van der Waals surface area contributed by atoms with Crippen molar-refractivity contribution in [3.8, 4) is 0 Å². The Labute approximate surface area is 82.2 Å². The van der Waals surface area contributed by atoms with Crippen molar-refractivity contribution in [1.82, 2.24) is 0 Å². The van der Waals surface area contributed by atoms with Crippen molar-refractivity contribution in [2.75, 3.05) is 0 Å². The van der Waals surface area contributed by atoms with Crippen LogP contribution in [0.3, 0.4) is 0 Å². The number of hydrogen-bond donors (Lipinski definition) is 0. The zero-order valence-electron chi connectivity index (χ0n) is 9.23. The summed E-state index contributed by atoms with van der Waals surface area (Å²) < 4.78 is 5.80. The lowest BCUT2D eigenvalue weighted by molar-refractivity contribution is -0.0934. The molecule has 1 aliphatic rings. The van der Waals surface area contributed by atoms with E-state index in [1.165, 1.54) is 32.1 Å². The van der Waals surface area contributed by atoms with Crippen molar-refractivity contribution in [3.05, 3.63) is 12.8 Å². The number of ether oxygens (including phenoxy) is 1. The average molecular weight is 182 g/mol. The van der Waals surface area contributed by atoms with Gasteiger partial charge < -0.3 is 4.74 Å². The molecule has 1 nitrogen and oxygen atoms in total. The van der Waals surface area contributed by atoms with Gasteiger partial charge >= 0.3 is 0 Å². The van der Waals surface area contributed by atoms with Crippen LogP contribution < -0.4 is 0 Å². The number of hydrogen-bond acceptors (Lipinski definition) is 1. The van der Waals surface area contributed by atoms with Crippen LogP contribution in [0, 0.1) is 5.41 Å². The monoisotopic (exact) mass is 182 g/mol. The van der Waals surface area contributed by atoms with Crippen molar-refractivity contribution in [3.63, 3.8) is 0 Å². The topological polar surface area (TPSA) is 9.23 Å². The van der Waals surface area contributed by atoms with E-state index in [4.69, 9.17) is 4.74 Å². The highest BCUT2D eigenvalue weighted by Gasteiger charge is 2.43. The molecule has 0 atom stereocenters. The molecule has 76 valence electrons. The van der Waals surface area contributed by atoms with E-state index >= 15 is 0 Å². The first-order valence-electron chi connectivity index (χ1n) is 5.31. The molecule has 1 rings (SSSR count). The minimum absolute atomic E-state index is 0.0486. The van der Waals surface area contributed by atoms with E-state index in [2.05, 4.69) is 27.4 Å². The fraction of sp³-hybridized carbons (Fsp3) is 0.833. The van der Waals surface area contributed by atoms with E-state index in [0.717, 1.165) is 0 Å². The van der Waals surface area contributed by atoms with Crippen LogP contribution in [0.25, 0.3) is 0 Å². The van der Waals surface area contributed by atoms with Gasteiger partial charge in [-0.2, -0.15) is 0 Å². The van der Waals surface area contributed by atoms with E-state index in [0.29, 0.717) is 0 Å². The van der Waals surface area contributed by atoms with Gasteiger partial charge in [-0.05, 0) is 25.7 Å². The first-order chi connectivity index (χ1) is 6.02. The molecule has 0 radical (unpaired) electrons. The van der Waals surface area contributed by atoms with Gasteiger partial charge in [-0.25, -0.2) is 0 Å². The second-order valence-electron chi connectivity index (χ2n) is 5.09. The Hall–Kier alpha value is -0.460. The lowest BCUT2D eigenvalue weighted by atomic mass is 9.68. The third-order valence-electron chi connectivity index (χ3n) is 3.34. The summed E-state index contributed by atoms with van der Waals surface area (Å²) in [4.78, 5) is 0. The van der Waals surface area contributed by atoms with Gasteiger partial charge in [0.05, 0.1) is 6.26 Å². The Bertz CT molecular complexity index is 170. The lowest BCUT2D eigenvalue weighted by Gasteiger charge is -2.46. The van der Waals surface area contributed by atoms with Crippen LogP contribution >= 0.6 is 0 Å².